The van der Waals surface area contributed by atoms with Crippen molar-refractivity contribution in [3.8, 4) is 0 Å². The molecule has 0 aliphatic heterocycles. The molecule has 4 heteroatoms. The van der Waals surface area contributed by atoms with E-state index in [1.807, 2.05) is 64.1 Å². The number of benzene rings is 2. The average Bonchev–Trinajstić information content (AvgIpc) is 2.59. The molecule has 1 atom stereocenters. The number of nitrogens with one attached hydrogen (secondary N) is 2. The first-order valence-electron chi connectivity index (χ1n) is 8.57. The second kappa shape index (κ2) is 8.47. The molecule has 2 rings (SSSR count). The maximum atomic E-state index is 12.5. The SMILES string of the molecule is Cc1ccc(CNC(=O)C(NC(=O)c2ccc(C)cc2)C(C)C)cc1. The minimum atomic E-state index is -0.570. The first kappa shape index (κ1) is 18.7. The first-order chi connectivity index (χ1) is 11.9. The molecule has 132 valence electrons. The number of hydrogen-bond acceptors (Lipinski definition) is 2. The topological polar surface area (TPSA) is 58.2 Å². The minimum Gasteiger partial charge on any atom is -0.350 e. The lowest BCUT2D eigenvalue weighted by Crippen LogP contribution is -2.49. The van der Waals surface area contributed by atoms with Gasteiger partial charge in [0.1, 0.15) is 6.04 Å². The van der Waals surface area contributed by atoms with E-state index in [4.69, 9.17) is 0 Å². The Morgan fingerprint density at radius 2 is 1.40 bits per heavy atom. The molecule has 0 aromatic heterocycles. The summed E-state index contributed by atoms with van der Waals surface area (Å²) >= 11 is 0. The molecule has 0 fully saturated rings. The Balaban J connectivity index is 1.98. The van der Waals surface area contributed by atoms with Gasteiger partial charge in [0.25, 0.3) is 5.91 Å². The fourth-order valence-electron chi connectivity index (χ4n) is 2.47. The van der Waals surface area contributed by atoms with E-state index in [1.165, 1.54) is 5.56 Å². The van der Waals surface area contributed by atoms with Gasteiger partial charge in [-0.15, -0.1) is 0 Å². The molecule has 2 aromatic rings. The number of carbonyl (C=O) groups is 2. The average molecular weight is 338 g/mol. The molecule has 25 heavy (non-hydrogen) atoms. The maximum absolute atomic E-state index is 12.5. The fraction of sp³-hybridized carbons (Fsp3) is 0.333. The van der Waals surface area contributed by atoms with Gasteiger partial charge in [0, 0.05) is 12.1 Å². The summed E-state index contributed by atoms with van der Waals surface area (Å²) < 4.78 is 0. The van der Waals surface area contributed by atoms with Gasteiger partial charge in [-0.3, -0.25) is 9.59 Å². The Labute approximate surface area is 149 Å². The van der Waals surface area contributed by atoms with Crippen LogP contribution in [0, 0.1) is 19.8 Å². The zero-order valence-corrected chi connectivity index (χ0v) is 15.3. The molecule has 0 bridgehead atoms. The number of rotatable bonds is 6. The van der Waals surface area contributed by atoms with Crippen LogP contribution in [0.15, 0.2) is 48.5 Å². The van der Waals surface area contributed by atoms with Crippen LogP contribution in [-0.4, -0.2) is 17.9 Å². The smallest absolute Gasteiger partial charge is 0.251 e. The predicted molar refractivity (Wildman–Crippen MR) is 100 cm³/mol. The zero-order valence-electron chi connectivity index (χ0n) is 15.3. The molecule has 1 unspecified atom stereocenters. The summed E-state index contributed by atoms with van der Waals surface area (Å²) in [6.45, 7) is 8.29. The van der Waals surface area contributed by atoms with Crippen molar-refractivity contribution in [1.82, 2.24) is 10.6 Å². The third kappa shape index (κ3) is 5.45. The van der Waals surface area contributed by atoms with E-state index in [0.29, 0.717) is 12.1 Å². The Hall–Kier alpha value is -2.62. The summed E-state index contributed by atoms with van der Waals surface area (Å²) in [6.07, 6.45) is 0. The maximum Gasteiger partial charge on any atom is 0.251 e. The van der Waals surface area contributed by atoms with Gasteiger partial charge < -0.3 is 10.6 Å². The van der Waals surface area contributed by atoms with Crippen LogP contribution in [0.3, 0.4) is 0 Å². The largest absolute Gasteiger partial charge is 0.350 e. The molecule has 2 N–H and O–H groups in total. The normalized spacial score (nSPS) is 11.9. The van der Waals surface area contributed by atoms with Crippen LogP contribution >= 0.6 is 0 Å². The lowest BCUT2D eigenvalue weighted by Gasteiger charge is -2.22. The van der Waals surface area contributed by atoms with Crippen molar-refractivity contribution >= 4 is 11.8 Å². The quantitative estimate of drug-likeness (QED) is 0.848. The van der Waals surface area contributed by atoms with E-state index in [9.17, 15) is 9.59 Å². The third-order valence-corrected chi connectivity index (χ3v) is 4.14. The number of amides is 2. The Morgan fingerprint density at radius 1 is 0.880 bits per heavy atom. The summed E-state index contributed by atoms with van der Waals surface area (Å²) in [5, 5.41) is 5.76. The standard InChI is InChI=1S/C21H26N2O2/c1-14(2)19(23-20(24)18-11-7-16(4)8-12-18)21(25)22-13-17-9-5-15(3)6-10-17/h5-12,14,19H,13H2,1-4H3,(H,22,25)(H,23,24). The summed E-state index contributed by atoms with van der Waals surface area (Å²) in [6, 6.07) is 14.8. The van der Waals surface area contributed by atoms with Gasteiger partial charge in [-0.05, 0) is 37.5 Å². The molecule has 0 saturated carbocycles. The summed E-state index contributed by atoms with van der Waals surface area (Å²) in [5.74, 6) is -0.410. The van der Waals surface area contributed by atoms with Gasteiger partial charge in [0.15, 0.2) is 0 Å². The van der Waals surface area contributed by atoms with Crippen LogP contribution in [-0.2, 0) is 11.3 Å². The van der Waals surface area contributed by atoms with Crippen LogP contribution < -0.4 is 10.6 Å². The molecule has 4 nitrogen and oxygen atoms in total. The van der Waals surface area contributed by atoms with Crippen LogP contribution in [0.2, 0.25) is 0 Å². The van der Waals surface area contributed by atoms with Crippen molar-refractivity contribution in [2.75, 3.05) is 0 Å². The van der Waals surface area contributed by atoms with Gasteiger partial charge in [-0.25, -0.2) is 0 Å². The molecule has 0 radical (unpaired) electrons. The van der Waals surface area contributed by atoms with Crippen molar-refractivity contribution in [3.05, 3.63) is 70.8 Å². The van der Waals surface area contributed by atoms with Gasteiger partial charge in [0.2, 0.25) is 5.91 Å². The van der Waals surface area contributed by atoms with E-state index in [-0.39, 0.29) is 17.7 Å². The summed E-state index contributed by atoms with van der Waals surface area (Å²) in [5.41, 5.74) is 3.86. The number of aryl methyl sites for hydroxylation is 2. The highest BCUT2D eigenvalue weighted by atomic mass is 16.2. The monoisotopic (exact) mass is 338 g/mol. The molecule has 0 heterocycles. The summed E-state index contributed by atoms with van der Waals surface area (Å²) in [4.78, 5) is 24.9. The van der Waals surface area contributed by atoms with E-state index >= 15 is 0 Å². The Kier molecular flexibility index (Phi) is 6.34. The number of carbonyl (C=O) groups excluding carboxylic acids is 2. The van der Waals surface area contributed by atoms with E-state index < -0.39 is 6.04 Å². The summed E-state index contributed by atoms with van der Waals surface area (Å²) in [7, 11) is 0. The molecular weight excluding hydrogens is 312 g/mol. The van der Waals surface area contributed by atoms with Crippen LogP contribution in [0.25, 0.3) is 0 Å². The van der Waals surface area contributed by atoms with E-state index in [1.54, 1.807) is 12.1 Å². The fourth-order valence-corrected chi connectivity index (χ4v) is 2.47. The van der Waals surface area contributed by atoms with Gasteiger partial charge in [0.05, 0.1) is 0 Å². The highest BCUT2D eigenvalue weighted by molar-refractivity contribution is 5.97. The van der Waals surface area contributed by atoms with Gasteiger partial charge >= 0.3 is 0 Å². The highest BCUT2D eigenvalue weighted by Gasteiger charge is 2.24. The zero-order chi connectivity index (χ0) is 18.4. The lowest BCUT2D eigenvalue weighted by molar-refractivity contribution is -0.124. The third-order valence-electron chi connectivity index (χ3n) is 4.14. The lowest BCUT2D eigenvalue weighted by atomic mass is 10.0. The van der Waals surface area contributed by atoms with Gasteiger partial charge in [-0.2, -0.15) is 0 Å². The van der Waals surface area contributed by atoms with Crippen molar-refractivity contribution in [3.63, 3.8) is 0 Å². The minimum absolute atomic E-state index is 0.00702. The Morgan fingerprint density at radius 3 is 1.92 bits per heavy atom. The van der Waals surface area contributed by atoms with Crippen LogP contribution in [0.5, 0.6) is 0 Å². The van der Waals surface area contributed by atoms with E-state index in [2.05, 4.69) is 10.6 Å². The highest BCUT2D eigenvalue weighted by Crippen LogP contribution is 2.08. The molecule has 2 amide bonds. The molecule has 0 aliphatic carbocycles. The number of hydrogen-bond donors (Lipinski definition) is 2. The van der Waals surface area contributed by atoms with Crippen molar-refractivity contribution < 1.29 is 9.59 Å². The molecule has 0 saturated heterocycles. The molecule has 0 spiro atoms. The molecule has 0 aliphatic rings. The second-order valence-corrected chi connectivity index (χ2v) is 6.76. The van der Waals surface area contributed by atoms with Crippen LogP contribution in [0.4, 0.5) is 0 Å². The predicted octanol–water partition coefficient (Wildman–Crippen LogP) is 3.37. The van der Waals surface area contributed by atoms with Crippen molar-refractivity contribution in [2.45, 2.75) is 40.3 Å². The Bertz CT molecular complexity index is 719. The second-order valence-electron chi connectivity index (χ2n) is 6.76. The van der Waals surface area contributed by atoms with E-state index in [0.717, 1.165) is 11.1 Å². The molecule has 2 aromatic carbocycles. The van der Waals surface area contributed by atoms with Gasteiger partial charge in [-0.1, -0.05) is 61.4 Å². The first-order valence-corrected chi connectivity index (χ1v) is 8.57. The van der Waals surface area contributed by atoms with Crippen LogP contribution in [0.1, 0.15) is 40.9 Å². The van der Waals surface area contributed by atoms with Crippen molar-refractivity contribution in [1.29, 1.82) is 0 Å². The van der Waals surface area contributed by atoms with Crippen molar-refractivity contribution in [2.24, 2.45) is 5.92 Å². The molecular formula is C21H26N2O2.